The first-order valence-corrected chi connectivity index (χ1v) is 12.3. The van der Waals surface area contributed by atoms with Crippen LogP contribution in [0.15, 0.2) is 54.2 Å². The van der Waals surface area contributed by atoms with Crippen molar-refractivity contribution in [1.29, 1.82) is 0 Å². The lowest BCUT2D eigenvalue weighted by atomic mass is 10.3. The van der Waals surface area contributed by atoms with Crippen molar-refractivity contribution in [1.82, 2.24) is 14.8 Å². The fourth-order valence-corrected chi connectivity index (χ4v) is 4.64. The molecule has 3 rings (SSSR count). The minimum absolute atomic E-state index is 0.150. The van der Waals surface area contributed by atoms with E-state index in [1.54, 1.807) is 42.5 Å². The molecule has 0 atom stereocenters. The molecule has 1 aromatic heterocycles. The quantitative estimate of drug-likeness (QED) is 0.162. The molecule has 0 unspecified atom stereocenters. The van der Waals surface area contributed by atoms with E-state index in [1.165, 1.54) is 11.8 Å². The van der Waals surface area contributed by atoms with Crippen molar-refractivity contribution in [2.45, 2.75) is 24.5 Å². The average Bonchev–Trinajstić information content (AvgIpc) is 3.12. The van der Waals surface area contributed by atoms with Crippen molar-refractivity contribution in [3.05, 3.63) is 75.0 Å². The Morgan fingerprint density at radius 1 is 1.09 bits per heavy atom. The van der Waals surface area contributed by atoms with Crippen LogP contribution in [0, 0.1) is 0 Å². The molecule has 174 valence electrons. The molecule has 0 aliphatic rings. The highest BCUT2D eigenvalue weighted by atomic mass is 35.5. The van der Waals surface area contributed by atoms with Crippen LogP contribution in [0.4, 0.5) is 5.69 Å². The van der Waals surface area contributed by atoms with Crippen molar-refractivity contribution >= 4 is 69.8 Å². The van der Waals surface area contributed by atoms with Crippen molar-refractivity contribution < 1.29 is 9.53 Å². The Labute approximate surface area is 216 Å². The zero-order valence-electron chi connectivity index (χ0n) is 17.4. The van der Waals surface area contributed by atoms with Gasteiger partial charge in [-0.1, -0.05) is 64.2 Å². The van der Waals surface area contributed by atoms with E-state index in [1.807, 2.05) is 4.57 Å². The third-order valence-electron chi connectivity index (χ3n) is 4.28. The number of rotatable bonds is 11. The molecule has 0 aliphatic heterocycles. The molecular weight excluding hydrogens is 526 g/mol. The molecular formula is C22H20Cl4N4O2S. The van der Waals surface area contributed by atoms with E-state index in [4.69, 9.17) is 51.1 Å². The van der Waals surface area contributed by atoms with E-state index >= 15 is 0 Å². The van der Waals surface area contributed by atoms with Gasteiger partial charge < -0.3 is 14.6 Å². The monoisotopic (exact) mass is 544 g/mol. The Balaban J connectivity index is 1.53. The molecule has 2 aromatic carbocycles. The Morgan fingerprint density at radius 2 is 1.85 bits per heavy atom. The van der Waals surface area contributed by atoms with Crippen LogP contribution in [0.1, 0.15) is 12.2 Å². The number of aryl methyl sites for hydroxylation is 1. The van der Waals surface area contributed by atoms with Gasteiger partial charge in [-0.3, -0.25) is 4.79 Å². The second-order valence-corrected chi connectivity index (χ2v) is 9.48. The topological polar surface area (TPSA) is 69.0 Å². The molecule has 0 aliphatic carbocycles. The summed E-state index contributed by atoms with van der Waals surface area (Å²) in [6.45, 7) is 4.78. The third-order valence-corrected chi connectivity index (χ3v) is 6.21. The van der Waals surface area contributed by atoms with Crippen LogP contribution in [-0.2, 0) is 17.8 Å². The first-order valence-electron chi connectivity index (χ1n) is 9.85. The van der Waals surface area contributed by atoms with Gasteiger partial charge in [0.25, 0.3) is 0 Å². The van der Waals surface area contributed by atoms with E-state index in [0.29, 0.717) is 62.7 Å². The Hall–Kier alpha value is -1.90. The number of amides is 1. The number of hydrogen-bond donors (Lipinski definition) is 1. The molecule has 3 aromatic rings. The summed E-state index contributed by atoms with van der Waals surface area (Å²) in [4.78, 5) is 12.3. The number of nitrogens with one attached hydrogen (secondary N) is 1. The van der Waals surface area contributed by atoms with Crippen molar-refractivity contribution in [3.63, 3.8) is 0 Å². The van der Waals surface area contributed by atoms with Gasteiger partial charge >= 0.3 is 0 Å². The van der Waals surface area contributed by atoms with E-state index in [2.05, 4.69) is 22.1 Å². The van der Waals surface area contributed by atoms with Crippen LogP contribution in [0.2, 0.25) is 20.1 Å². The van der Waals surface area contributed by atoms with Crippen molar-refractivity contribution in [2.75, 3.05) is 17.7 Å². The van der Waals surface area contributed by atoms with Gasteiger partial charge in [-0.25, -0.2) is 0 Å². The summed E-state index contributed by atoms with van der Waals surface area (Å²) >= 11 is 25.3. The fourth-order valence-electron chi connectivity index (χ4n) is 2.88. The van der Waals surface area contributed by atoms with Gasteiger partial charge in [0.05, 0.1) is 17.4 Å². The minimum atomic E-state index is -0.207. The smallest absolute Gasteiger partial charge is 0.234 e. The largest absolute Gasteiger partial charge is 0.492 e. The van der Waals surface area contributed by atoms with E-state index in [-0.39, 0.29) is 11.7 Å². The number of thioether (sulfide) groups is 1. The highest BCUT2D eigenvalue weighted by Crippen LogP contribution is 2.28. The SMILES string of the molecule is C=CCn1c(CCCOc2ccc(Cl)cc2Cl)nnc1SCC(=O)Nc1cc(Cl)cc(Cl)c1. The van der Waals surface area contributed by atoms with Crippen molar-refractivity contribution in [2.24, 2.45) is 0 Å². The number of nitrogens with zero attached hydrogens (tertiary/aromatic N) is 3. The van der Waals surface area contributed by atoms with Crippen LogP contribution in [0.3, 0.4) is 0 Å². The van der Waals surface area contributed by atoms with Crippen LogP contribution in [0.5, 0.6) is 5.75 Å². The number of halogens is 4. The van der Waals surface area contributed by atoms with Gasteiger partial charge in [0, 0.05) is 33.7 Å². The molecule has 0 bridgehead atoms. The number of carbonyl (C=O) groups excluding carboxylic acids is 1. The summed E-state index contributed by atoms with van der Waals surface area (Å²) < 4.78 is 7.65. The zero-order valence-corrected chi connectivity index (χ0v) is 21.2. The molecule has 0 saturated carbocycles. The lowest BCUT2D eigenvalue weighted by Gasteiger charge is -2.10. The second kappa shape index (κ2) is 12.5. The average molecular weight is 546 g/mol. The number of allylic oxidation sites excluding steroid dienone is 1. The normalized spacial score (nSPS) is 10.8. The standard InChI is InChI=1S/C22H20Cl4N4O2S/c1-2-7-30-20(4-3-8-32-19-6-5-14(23)12-18(19)26)28-29-22(30)33-13-21(31)27-17-10-15(24)9-16(25)11-17/h2,5-6,9-12H,1,3-4,7-8,13H2,(H,27,31). The van der Waals surface area contributed by atoms with Crippen molar-refractivity contribution in [3.8, 4) is 5.75 Å². The third kappa shape index (κ3) is 7.83. The number of carbonyl (C=O) groups is 1. The van der Waals surface area contributed by atoms with Crippen LogP contribution >= 0.6 is 58.2 Å². The molecule has 0 radical (unpaired) electrons. The van der Waals surface area contributed by atoms with Gasteiger partial charge in [-0.15, -0.1) is 16.8 Å². The molecule has 1 amide bonds. The van der Waals surface area contributed by atoms with Gasteiger partial charge in [0.2, 0.25) is 5.91 Å². The predicted molar refractivity (Wildman–Crippen MR) is 136 cm³/mol. The number of hydrogen-bond acceptors (Lipinski definition) is 5. The molecule has 33 heavy (non-hydrogen) atoms. The molecule has 1 N–H and O–H groups in total. The highest BCUT2D eigenvalue weighted by Gasteiger charge is 2.14. The maximum absolute atomic E-state index is 12.3. The second-order valence-electron chi connectivity index (χ2n) is 6.82. The zero-order chi connectivity index (χ0) is 23.8. The van der Waals surface area contributed by atoms with Crippen LogP contribution < -0.4 is 10.1 Å². The summed E-state index contributed by atoms with van der Waals surface area (Å²) in [6.07, 6.45) is 3.10. The Morgan fingerprint density at radius 3 is 2.55 bits per heavy atom. The van der Waals surface area contributed by atoms with E-state index in [0.717, 1.165) is 5.82 Å². The van der Waals surface area contributed by atoms with Crippen LogP contribution in [0.25, 0.3) is 0 Å². The lowest BCUT2D eigenvalue weighted by Crippen LogP contribution is -2.15. The highest BCUT2D eigenvalue weighted by molar-refractivity contribution is 7.99. The molecule has 0 spiro atoms. The minimum Gasteiger partial charge on any atom is -0.492 e. The number of ether oxygens (including phenoxy) is 1. The molecule has 6 nitrogen and oxygen atoms in total. The molecule has 1 heterocycles. The Bertz CT molecular complexity index is 1120. The maximum Gasteiger partial charge on any atom is 0.234 e. The van der Waals surface area contributed by atoms with Crippen LogP contribution in [-0.4, -0.2) is 33.0 Å². The summed E-state index contributed by atoms with van der Waals surface area (Å²) in [7, 11) is 0. The van der Waals surface area contributed by atoms with Gasteiger partial charge in [0.1, 0.15) is 11.6 Å². The molecule has 0 fully saturated rings. The van der Waals surface area contributed by atoms with Gasteiger partial charge in [-0.05, 0) is 42.8 Å². The number of benzene rings is 2. The summed E-state index contributed by atoms with van der Waals surface area (Å²) in [5.41, 5.74) is 0.534. The summed E-state index contributed by atoms with van der Waals surface area (Å²) in [5.74, 6) is 1.31. The first-order chi connectivity index (χ1) is 15.9. The molecule has 11 heteroatoms. The fraction of sp³-hybridized carbons (Fsp3) is 0.227. The summed E-state index contributed by atoms with van der Waals surface area (Å²) in [6, 6.07) is 9.97. The van der Waals surface area contributed by atoms with Gasteiger partial charge in [0.15, 0.2) is 5.16 Å². The van der Waals surface area contributed by atoms with E-state index in [9.17, 15) is 4.79 Å². The Kier molecular flexibility index (Phi) is 9.77. The maximum atomic E-state index is 12.3. The molecule has 0 saturated heterocycles. The predicted octanol–water partition coefficient (Wildman–Crippen LogP) is 6.82. The number of aromatic nitrogens is 3. The van der Waals surface area contributed by atoms with Gasteiger partial charge in [-0.2, -0.15) is 0 Å². The van der Waals surface area contributed by atoms with E-state index < -0.39 is 0 Å². The first kappa shape index (κ1) is 25.7. The number of anilines is 1. The lowest BCUT2D eigenvalue weighted by molar-refractivity contribution is -0.113. The summed E-state index contributed by atoms with van der Waals surface area (Å²) in [5, 5.41) is 13.8.